The van der Waals surface area contributed by atoms with Crippen molar-refractivity contribution in [1.29, 1.82) is 0 Å². The number of halogens is 2. The maximum atomic E-state index is 6.15. The zero-order chi connectivity index (χ0) is 21.2. The van der Waals surface area contributed by atoms with Crippen LogP contribution in [0.5, 0.6) is 0 Å². The van der Waals surface area contributed by atoms with Gasteiger partial charge in [0.1, 0.15) is 0 Å². The number of hydrogen-bond acceptors (Lipinski definition) is 2. The van der Waals surface area contributed by atoms with Gasteiger partial charge in [0.2, 0.25) is 0 Å². The lowest BCUT2D eigenvalue weighted by Crippen LogP contribution is -2.47. The maximum absolute atomic E-state index is 6.15. The molecule has 1 aliphatic rings. The lowest BCUT2D eigenvalue weighted by atomic mass is 9.96. The first kappa shape index (κ1) is 20.6. The van der Waals surface area contributed by atoms with Crippen molar-refractivity contribution >= 4 is 34.1 Å². The summed E-state index contributed by atoms with van der Waals surface area (Å²) in [7, 11) is 0. The second kappa shape index (κ2) is 9.05. The summed E-state index contributed by atoms with van der Waals surface area (Å²) >= 11 is 12.3. The molecule has 31 heavy (non-hydrogen) atoms. The summed E-state index contributed by atoms with van der Waals surface area (Å²) in [6.45, 7) is 5.04. The summed E-state index contributed by atoms with van der Waals surface area (Å²) in [6.07, 6.45) is 0. The predicted molar refractivity (Wildman–Crippen MR) is 130 cm³/mol. The summed E-state index contributed by atoms with van der Waals surface area (Å²) in [4.78, 5) is 8.65. The Morgan fingerprint density at radius 2 is 1.32 bits per heavy atom. The number of hydrogen-bond donors (Lipinski definition) is 1. The first-order valence-corrected chi connectivity index (χ1v) is 11.5. The van der Waals surface area contributed by atoms with Crippen molar-refractivity contribution < 1.29 is 0 Å². The highest BCUT2D eigenvalue weighted by Gasteiger charge is 2.26. The van der Waals surface area contributed by atoms with Crippen LogP contribution in [0.1, 0.15) is 22.9 Å². The summed E-state index contributed by atoms with van der Waals surface area (Å²) < 4.78 is 0. The van der Waals surface area contributed by atoms with E-state index in [0.29, 0.717) is 0 Å². The molecule has 158 valence electrons. The van der Waals surface area contributed by atoms with Gasteiger partial charge in [-0.25, -0.2) is 0 Å². The van der Waals surface area contributed by atoms with E-state index in [1.165, 1.54) is 27.7 Å². The van der Waals surface area contributed by atoms with Crippen molar-refractivity contribution in [2.24, 2.45) is 0 Å². The number of aromatic amines is 1. The van der Waals surface area contributed by atoms with Crippen LogP contribution in [-0.4, -0.2) is 41.0 Å². The van der Waals surface area contributed by atoms with Gasteiger partial charge in [0, 0.05) is 54.0 Å². The van der Waals surface area contributed by atoms with E-state index in [4.69, 9.17) is 23.2 Å². The van der Waals surface area contributed by atoms with Crippen LogP contribution >= 0.6 is 23.2 Å². The molecule has 3 nitrogen and oxygen atoms in total. The van der Waals surface area contributed by atoms with Crippen LogP contribution in [0.25, 0.3) is 10.9 Å². The average Bonchev–Trinajstić information content (AvgIpc) is 3.20. The van der Waals surface area contributed by atoms with Gasteiger partial charge in [-0.05, 0) is 52.9 Å². The Hall–Kier alpha value is -2.30. The van der Waals surface area contributed by atoms with Gasteiger partial charge in [0.05, 0.1) is 6.04 Å². The molecule has 0 aliphatic carbocycles. The van der Waals surface area contributed by atoms with E-state index in [1.807, 2.05) is 24.3 Å². The lowest BCUT2D eigenvalue weighted by Gasteiger charge is -2.39. The Balaban J connectivity index is 1.32. The Morgan fingerprint density at radius 1 is 0.742 bits per heavy atom. The Kier molecular flexibility index (Phi) is 6.02. The van der Waals surface area contributed by atoms with Crippen LogP contribution in [0.15, 0.2) is 78.9 Å². The van der Waals surface area contributed by atoms with Crippen molar-refractivity contribution in [2.45, 2.75) is 12.6 Å². The molecule has 0 bridgehead atoms. The van der Waals surface area contributed by atoms with Crippen molar-refractivity contribution in [3.8, 4) is 0 Å². The number of fused-ring (bicyclic) bond motifs is 1. The van der Waals surface area contributed by atoms with Crippen LogP contribution in [0, 0.1) is 0 Å². The number of H-pyrrole nitrogens is 1. The van der Waals surface area contributed by atoms with Gasteiger partial charge in [-0.1, -0.05) is 65.7 Å². The highest BCUT2D eigenvalue weighted by molar-refractivity contribution is 6.30. The van der Waals surface area contributed by atoms with Crippen LogP contribution in [-0.2, 0) is 6.54 Å². The monoisotopic (exact) mass is 449 g/mol. The fourth-order valence-electron chi connectivity index (χ4n) is 4.54. The quantitative estimate of drug-likeness (QED) is 0.381. The molecule has 1 fully saturated rings. The van der Waals surface area contributed by atoms with Crippen molar-refractivity contribution in [3.05, 3.63) is 106 Å². The van der Waals surface area contributed by atoms with E-state index in [2.05, 4.69) is 69.4 Å². The molecular formula is C26H25Cl2N3. The number of piperazine rings is 1. The Labute approximate surface area is 193 Å². The zero-order valence-electron chi connectivity index (χ0n) is 17.3. The highest BCUT2D eigenvalue weighted by Crippen LogP contribution is 2.31. The van der Waals surface area contributed by atoms with Crippen molar-refractivity contribution in [3.63, 3.8) is 0 Å². The molecule has 0 amide bonds. The van der Waals surface area contributed by atoms with Crippen LogP contribution in [0.3, 0.4) is 0 Å². The maximum Gasteiger partial charge on any atom is 0.0602 e. The van der Waals surface area contributed by atoms with Gasteiger partial charge in [0.25, 0.3) is 0 Å². The van der Waals surface area contributed by atoms with Crippen LogP contribution in [0.4, 0.5) is 0 Å². The van der Waals surface area contributed by atoms with Crippen LogP contribution in [0.2, 0.25) is 10.0 Å². The Morgan fingerprint density at radius 3 is 1.90 bits per heavy atom. The van der Waals surface area contributed by atoms with Gasteiger partial charge in [-0.3, -0.25) is 9.80 Å². The largest absolute Gasteiger partial charge is 0.357 e. The summed E-state index contributed by atoms with van der Waals surface area (Å²) in [5.74, 6) is 0. The first-order chi connectivity index (χ1) is 15.2. The number of rotatable bonds is 5. The molecule has 1 aromatic heterocycles. The van der Waals surface area contributed by atoms with Gasteiger partial charge >= 0.3 is 0 Å². The summed E-state index contributed by atoms with van der Waals surface area (Å²) in [5.41, 5.74) is 5.01. The standard InChI is InChI=1S/C26H25Cl2N3/c27-22-9-5-19(6-10-22)26(20-7-11-23(28)12-8-20)31-15-13-30(14-16-31)18-24-17-21-3-1-2-4-25(21)29-24/h1-12,17,26,29H,13-16,18H2. The third kappa shape index (κ3) is 4.65. The van der Waals surface area contributed by atoms with E-state index in [0.717, 1.165) is 42.8 Å². The first-order valence-electron chi connectivity index (χ1n) is 10.7. The average molecular weight is 450 g/mol. The molecule has 0 unspecified atom stereocenters. The molecule has 1 aliphatic heterocycles. The SMILES string of the molecule is Clc1ccc(C(c2ccc(Cl)cc2)N2CCN(Cc3cc4ccccc4[nH]3)CC2)cc1. The van der Waals surface area contributed by atoms with Crippen molar-refractivity contribution in [2.75, 3.05) is 26.2 Å². The normalized spacial score (nSPS) is 15.7. The van der Waals surface area contributed by atoms with Gasteiger partial charge in [0.15, 0.2) is 0 Å². The smallest absolute Gasteiger partial charge is 0.0602 e. The molecule has 0 spiro atoms. The second-order valence-corrected chi connectivity index (χ2v) is 9.07. The molecule has 5 heteroatoms. The molecule has 2 heterocycles. The van der Waals surface area contributed by atoms with Crippen LogP contribution < -0.4 is 0 Å². The van der Waals surface area contributed by atoms with E-state index in [9.17, 15) is 0 Å². The fraction of sp³-hybridized carbons (Fsp3) is 0.231. The van der Waals surface area contributed by atoms with Crippen molar-refractivity contribution in [1.82, 2.24) is 14.8 Å². The molecule has 4 aromatic rings. The molecule has 1 saturated heterocycles. The summed E-state index contributed by atoms with van der Waals surface area (Å²) in [5, 5.41) is 2.81. The van der Waals surface area contributed by atoms with E-state index < -0.39 is 0 Å². The van der Waals surface area contributed by atoms with Gasteiger partial charge in [-0.2, -0.15) is 0 Å². The molecule has 0 saturated carbocycles. The third-order valence-electron chi connectivity index (χ3n) is 6.12. The topological polar surface area (TPSA) is 22.3 Å². The third-order valence-corrected chi connectivity index (χ3v) is 6.63. The summed E-state index contributed by atoms with van der Waals surface area (Å²) in [6, 6.07) is 27.4. The fourth-order valence-corrected chi connectivity index (χ4v) is 4.80. The molecule has 3 aromatic carbocycles. The number of benzene rings is 3. The highest BCUT2D eigenvalue weighted by atomic mass is 35.5. The second-order valence-electron chi connectivity index (χ2n) is 8.20. The Bertz CT molecular complexity index is 1060. The van der Waals surface area contributed by atoms with Gasteiger partial charge in [-0.15, -0.1) is 0 Å². The molecule has 5 rings (SSSR count). The molecule has 0 atom stereocenters. The molecule has 1 N–H and O–H groups in total. The minimum atomic E-state index is 0.199. The van der Waals surface area contributed by atoms with E-state index in [-0.39, 0.29) is 6.04 Å². The molecule has 0 radical (unpaired) electrons. The number of para-hydroxylation sites is 1. The van der Waals surface area contributed by atoms with E-state index in [1.54, 1.807) is 0 Å². The van der Waals surface area contributed by atoms with E-state index >= 15 is 0 Å². The minimum Gasteiger partial charge on any atom is -0.357 e. The number of nitrogens with one attached hydrogen (secondary N) is 1. The van der Waals surface area contributed by atoms with Gasteiger partial charge < -0.3 is 4.98 Å². The number of nitrogens with zero attached hydrogens (tertiary/aromatic N) is 2. The lowest BCUT2D eigenvalue weighted by molar-refractivity contribution is 0.104. The predicted octanol–water partition coefficient (Wildman–Crippen LogP) is 6.38. The zero-order valence-corrected chi connectivity index (χ0v) is 18.8. The molecular weight excluding hydrogens is 425 g/mol. The number of aromatic nitrogens is 1. The minimum absolute atomic E-state index is 0.199.